The molecule has 70 valence electrons. The first-order valence-corrected chi connectivity index (χ1v) is 5.37. The standard InChI is InChI=1S/C8H14INO2/c9-12-3-1-2-10-5-8-4-7(10)6-11-8/h7-8H,1-6H2/t7-,8-/m0/s1. The molecule has 3 nitrogen and oxygen atoms in total. The van der Waals surface area contributed by atoms with E-state index >= 15 is 0 Å². The van der Waals surface area contributed by atoms with Gasteiger partial charge in [0.1, 0.15) is 23.0 Å². The Labute approximate surface area is 87.1 Å². The zero-order valence-electron chi connectivity index (χ0n) is 7.04. The summed E-state index contributed by atoms with van der Waals surface area (Å²) in [6.07, 6.45) is 2.94. The Bertz CT molecular complexity index is 156. The van der Waals surface area contributed by atoms with E-state index < -0.39 is 0 Å². The van der Waals surface area contributed by atoms with Crippen LogP contribution < -0.4 is 0 Å². The quantitative estimate of drug-likeness (QED) is 0.572. The Morgan fingerprint density at radius 1 is 1.58 bits per heavy atom. The van der Waals surface area contributed by atoms with Crippen molar-refractivity contribution < 1.29 is 7.80 Å². The fourth-order valence-corrected chi connectivity index (χ4v) is 2.39. The number of ether oxygens (including phenoxy) is 1. The maximum atomic E-state index is 5.51. The molecule has 12 heavy (non-hydrogen) atoms. The van der Waals surface area contributed by atoms with Crippen LogP contribution in [-0.2, 0) is 7.80 Å². The molecule has 2 saturated heterocycles. The van der Waals surface area contributed by atoms with Crippen LogP contribution in [0.4, 0.5) is 0 Å². The minimum atomic E-state index is 0.538. The maximum Gasteiger partial charge on any atom is 0.109 e. The average molecular weight is 283 g/mol. The van der Waals surface area contributed by atoms with Crippen molar-refractivity contribution >= 4 is 23.0 Å². The van der Waals surface area contributed by atoms with Crippen molar-refractivity contribution in [2.75, 3.05) is 26.3 Å². The summed E-state index contributed by atoms with van der Waals surface area (Å²) in [6, 6.07) is 0.712. The predicted octanol–water partition coefficient (Wildman–Crippen LogP) is 1.22. The lowest BCUT2D eigenvalue weighted by Crippen LogP contribution is -2.37. The number of morpholine rings is 1. The summed E-state index contributed by atoms with van der Waals surface area (Å²) in [5, 5.41) is 0. The van der Waals surface area contributed by atoms with Gasteiger partial charge in [-0.25, -0.2) is 0 Å². The Kier molecular flexibility index (Phi) is 3.22. The van der Waals surface area contributed by atoms with E-state index in [-0.39, 0.29) is 0 Å². The fraction of sp³-hybridized carbons (Fsp3) is 1.00. The van der Waals surface area contributed by atoms with E-state index in [4.69, 9.17) is 7.80 Å². The van der Waals surface area contributed by atoms with E-state index in [1.165, 1.54) is 13.0 Å². The minimum Gasteiger partial charge on any atom is -0.375 e. The Morgan fingerprint density at radius 3 is 3.08 bits per heavy atom. The zero-order valence-corrected chi connectivity index (χ0v) is 9.20. The van der Waals surface area contributed by atoms with Crippen molar-refractivity contribution in [1.29, 1.82) is 0 Å². The van der Waals surface area contributed by atoms with Gasteiger partial charge in [-0.2, -0.15) is 0 Å². The lowest BCUT2D eigenvalue weighted by Gasteiger charge is -2.26. The molecule has 2 rings (SSSR count). The molecule has 0 aromatic carbocycles. The highest BCUT2D eigenvalue weighted by Gasteiger charge is 2.38. The molecule has 2 aliphatic heterocycles. The third-order valence-corrected chi connectivity index (χ3v) is 3.12. The second-order valence-corrected chi connectivity index (χ2v) is 4.13. The van der Waals surface area contributed by atoms with Gasteiger partial charge in [0.15, 0.2) is 0 Å². The highest BCUT2D eigenvalue weighted by molar-refractivity contribution is 14.1. The highest BCUT2D eigenvalue weighted by atomic mass is 127. The molecule has 0 aromatic rings. The maximum absolute atomic E-state index is 5.51. The van der Waals surface area contributed by atoms with Crippen LogP contribution in [0.5, 0.6) is 0 Å². The molecule has 0 N–H and O–H groups in total. The SMILES string of the molecule is IOCCCN1C[C@@H]2C[C@H]1CO2. The Balaban J connectivity index is 1.69. The molecule has 2 atom stereocenters. The normalized spacial score (nSPS) is 34.8. The van der Waals surface area contributed by atoms with E-state index in [1.54, 1.807) is 0 Å². The first kappa shape index (κ1) is 9.18. The summed E-state index contributed by atoms with van der Waals surface area (Å²) in [4.78, 5) is 2.53. The van der Waals surface area contributed by atoms with Crippen molar-refractivity contribution in [3.05, 3.63) is 0 Å². The first-order chi connectivity index (χ1) is 5.90. The molecule has 0 aliphatic carbocycles. The smallest absolute Gasteiger partial charge is 0.109 e. The molecule has 0 amide bonds. The highest BCUT2D eigenvalue weighted by Crippen LogP contribution is 2.27. The molecule has 2 fully saturated rings. The van der Waals surface area contributed by atoms with Gasteiger partial charge in [-0.3, -0.25) is 4.90 Å². The number of nitrogens with zero attached hydrogens (tertiary/aromatic N) is 1. The van der Waals surface area contributed by atoms with Gasteiger partial charge in [-0.15, -0.1) is 0 Å². The lowest BCUT2D eigenvalue weighted by atomic mass is 10.2. The third kappa shape index (κ3) is 1.92. The average Bonchev–Trinajstić information content (AvgIpc) is 2.65. The summed E-state index contributed by atoms with van der Waals surface area (Å²) in [5.41, 5.74) is 0. The van der Waals surface area contributed by atoms with E-state index in [0.717, 1.165) is 26.2 Å². The molecule has 2 aliphatic rings. The van der Waals surface area contributed by atoms with Crippen LogP contribution in [0.2, 0.25) is 0 Å². The summed E-state index contributed by atoms with van der Waals surface area (Å²) in [5.74, 6) is 0. The molecule has 2 bridgehead atoms. The van der Waals surface area contributed by atoms with Crippen LogP contribution in [0.1, 0.15) is 12.8 Å². The molecule has 0 aromatic heterocycles. The van der Waals surface area contributed by atoms with Gasteiger partial charge in [0.25, 0.3) is 0 Å². The molecule has 4 heteroatoms. The molecular formula is C8H14INO2. The number of hydrogen-bond acceptors (Lipinski definition) is 3. The van der Waals surface area contributed by atoms with Crippen LogP contribution >= 0.6 is 23.0 Å². The van der Waals surface area contributed by atoms with E-state index in [0.29, 0.717) is 12.1 Å². The van der Waals surface area contributed by atoms with Crippen molar-refractivity contribution in [2.45, 2.75) is 25.0 Å². The van der Waals surface area contributed by atoms with Crippen LogP contribution in [-0.4, -0.2) is 43.3 Å². The summed E-state index contributed by atoms with van der Waals surface area (Å²) < 4.78 is 10.5. The summed E-state index contributed by atoms with van der Waals surface area (Å²) in [6.45, 7) is 4.14. The van der Waals surface area contributed by atoms with Gasteiger partial charge in [-0.1, -0.05) is 0 Å². The second-order valence-electron chi connectivity index (χ2n) is 3.51. The van der Waals surface area contributed by atoms with Crippen LogP contribution in [0, 0.1) is 0 Å². The first-order valence-electron chi connectivity index (χ1n) is 4.49. The molecule has 0 radical (unpaired) electrons. The van der Waals surface area contributed by atoms with E-state index in [9.17, 15) is 0 Å². The predicted molar refractivity (Wildman–Crippen MR) is 54.3 cm³/mol. The lowest BCUT2D eigenvalue weighted by molar-refractivity contribution is 0.0293. The largest absolute Gasteiger partial charge is 0.375 e. The van der Waals surface area contributed by atoms with Crippen molar-refractivity contribution in [3.63, 3.8) is 0 Å². The number of likely N-dealkylation sites (tertiary alicyclic amines) is 1. The van der Waals surface area contributed by atoms with E-state index in [2.05, 4.69) is 4.90 Å². The van der Waals surface area contributed by atoms with Crippen LogP contribution in [0.25, 0.3) is 0 Å². The Hall–Kier alpha value is 0.610. The molecule has 2 heterocycles. The zero-order chi connectivity index (χ0) is 8.39. The third-order valence-electron chi connectivity index (χ3n) is 2.68. The molecule has 0 unspecified atom stereocenters. The summed E-state index contributed by atoms with van der Waals surface area (Å²) >= 11 is 1.95. The van der Waals surface area contributed by atoms with Gasteiger partial charge in [0.05, 0.1) is 19.3 Å². The number of halogens is 1. The van der Waals surface area contributed by atoms with Crippen LogP contribution in [0.3, 0.4) is 0 Å². The number of rotatable bonds is 4. The van der Waals surface area contributed by atoms with Gasteiger partial charge in [0.2, 0.25) is 0 Å². The van der Waals surface area contributed by atoms with Gasteiger partial charge < -0.3 is 7.80 Å². The van der Waals surface area contributed by atoms with Gasteiger partial charge in [-0.05, 0) is 12.8 Å². The number of fused-ring (bicyclic) bond motifs is 2. The summed E-state index contributed by atoms with van der Waals surface area (Å²) in [7, 11) is 0. The van der Waals surface area contributed by atoms with Crippen molar-refractivity contribution in [3.8, 4) is 0 Å². The van der Waals surface area contributed by atoms with E-state index in [1.807, 2.05) is 23.0 Å². The second kappa shape index (κ2) is 4.21. The fourth-order valence-electron chi connectivity index (χ4n) is 2.08. The minimum absolute atomic E-state index is 0.538. The van der Waals surface area contributed by atoms with Crippen molar-refractivity contribution in [1.82, 2.24) is 4.90 Å². The topological polar surface area (TPSA) is 21.7 Å². The molecule has 0 saturated carbocycles. The Morgan fingerprint density at radius 2 is 2.50 bits per heavy atom. The number of hydrogen-bond donors (Lipinski definition) is 0. The van der Waals surface area contributed by atoms with Crippen LogP contribution in [0.15, 0.2) is 0 Å². The molecular weight excluding hydrogens is 269 g/mol. The van der Waals surface area contributed by atoms with Crippen molar-refractivity contribution in [2.24, 2.45) is 0 Å². The van der Waals surface area contributed by atoms with Gasteiger partial charge >= 0.3 is 0 Å². The molecule has 0 spiro atoms. The monoisotopic (exact) mass is 283 g/mol. The van der Waals surface area contributed by atoms with Gasteiger partial charge in [0, 0.05) is 19.1 Å².